The fraction of sp³-hybridized carbons (Fsp3) is 0.750. The molecule has 0 rings (SSSR count). The number of ether oxygens (including phenoxy) is 1. The topological polar surface area (TPSA) is 26.3 Å². The second-order valence-corrected chi connectivity index (χ2v) is 5.87. The van der Waals surface area contributed by atoms with E-state index in [2.05, 4.69) is 0 Å². The van der Waals surface area contributed by atoms with Gasteiger partial charge in [-0.05, 0) is 13.3 Å². The Morgan fingerprint density at radius 2 is 1.88 bits per heavy atom. The zero-order chi connectivity index (χ0) is 12.9. The van der Waals surface area contributed by atoms with Crippen LogP contribution in [0.5, 0.6) is 0 Å². The van der Waals surface area contributed by atoms with Crippen LogP contribution in [0, 0.1) is 0 Å². The fourth-order valence-electron chi connectivity index (χ4n) is 1.46. The molecule has 0 aromatic heterocycles. The Hall–Kier alpha value is -0.713. The van der Waals surface area contributed by atoms with Gasteiger partial charge in [0, 0.05) is 6.08 Å². The van der Waals surface area contributed by atoms with Crippen LogP contribution < -0.4 is 0 Å². The number of alkyl halides is 2. The lowest BCUT2D eigenvalue weighted by Gasteiger charge is -2.02. The quantitative estimate of drug-likeness (QED) is 0.262. The molecule has 5 heteroatoms. The van der Waals surface area contributed by atoms with Crippen molar-refractivity contribution in [1.29, 1.82) is 0 Å². The molecule has 0 fully saturated rings. The van der Waals surface area contributed by atoms with Crippen molar-refractivity contribution in [2.24, 2.45) is 0 Å². The van der Waals surface area contributed by atoms with Gasteiger partial charge in [0.1, 0.15) is 9.52 Å². The molecule has 0 unspecified atom stereocenters. The highest BCUT2D eigenvalue weighted by molar-refractivity contribution is 6.36. The SMILES string of the molecule is CC=CC(=O)OCCCCCCC[SiH2]C(F)F. The maximum absolute atomic E-state index is 11.9. The molecule has 17 heavy (non-hydrogen) atoms. The minimum Gasteiger partial charge on any atom is -0.463 e. The number of unbranched alkanes of at least 4 members (excludes halogenated alkanes) is 4. The van der Waals surface area contributed by atoms with Crippen molar-refractivity contribution in [2.45, 2.75) is 51.1 Å². The molecule has 0 bridgehead atoms. The molecule has 0 aliphatic heterocycles. The molecule has 0 heterocycles. The number of esters is 1. The fourth-order valence-corrected chi connectivity index (χ4v) is 2.42. The van der Waals surface area contributed by atoms with E-state index in [0.29, 0.717) is 6.61 Å². The first-order chi connectivity index (χ1) is 8.16. The Morgan fingerprint density at radius 3 is 2.53 bits per heavy atom. The monoisotopic (exact) mass is 264 g/mol. The van der Waals surface area contributed by atoms with E-state index in [4.69, 9.17) is 4.74 Å². The molecule has 0 saturated carbocycles. The molecular weight excluding hydrogens is 242 g/mol. The van der Waals surface area contributed by atoms with Gasteiger partial charge in [0.05, 0.1) is 6.61 Å². The third-order valence-electron chi connectivity index (χ3n) is 2.36. The lowest BCUT2D eigenvalue weighted by molar-refractivity contribution is -0.137. The van der Waals surface area contributed by atoms with Crippen LogP contribution >= 0.6 is 0 Å². The third kappa shape index (κ3) is 13.2. The number of carbonyl (C=O) groups is 1. The number of rotatable bonds is 10. The van der Waals surface area contributed by atoms with Crippen LogP contribution in [0.1, 0.15) is 39.0 Å². The van der Waals surface area contributed by atoms with Gasteiger partial charge in [0.25, 0.3) is 0 Å². The maximum Gasteiger partial charge on any atom is 0.330 e. The zero-order valence-electron chi connectivity index (χ0n) is 10.5. The molecule has 0 spiro atoms. The minimum absolute atomic E-state index is 0.296. The Balaban J connectivity index is 3.11. The lowest BCUT2D eigenvalue weighted by Crippen LogP contribution is -2.03. The lowest BCUT2D eigenvalue weighted by atomic mass is 10.2. The molecule has 0 N–H and O–H groups in total. The van der Waals surface area contributed by atoms with Crippen molar-refractivity contribution in [3.8, 4) is 0 Å². The van der Waals surface area contributed by atoms with Gasteiger partial charge in [0.15, 0.2) is 0 Å². The van der Waals surface area contributed by atoms with Crippen LogP contribution in [0.15, 0.2) is 12.2 Å². The normalized spacial score (nSPS) is 12.0. The molecule has 100 valence electrons. The van der Waals surface area contributed by atoms with Crippen LogP contribution in [-0.2, 0) is 9.53 Å². The van der Waals surface area contributed by atoms with E-state index in [0.717, 1.165) is 38.1 Å². The maximum atomic E-state index is 11.9. The molecule has 2 nitrogen and oxygen atoms in total. The summed E-state index contributed by atoms with van der Waals surface area (Å²) in [5.41, 5.74) is 0. The molecular formula is C12H22F2O2Si. The Morgan fingerprint density at radius 1 is 1.24 bits per heavy atom. The van der Waals surface area contributed by atoms with E-state index in [1.165, 1.54) is 6.08 Å². The second-order valence-electron chi connectivity index (χ2n) is 3.97. The van der Waals surface area contributed by atoms with Gasteiger partial charge in [-0.3, -0.25) is 0 Å². The number of hydrogen-bond donors (Lipinski definition) is 0. The van der Waals surface area contributed by atoms with Gasteiger partial charge >= 0.3 is 5.97 Å². The summed E-state index contributed by atoms with van der Waals surface area (Å²) in [6.07, 6.45) is 7.88. The van der Waals surface area contributed by atoms with Gasteiger partial charge in [-0.2, -0.15) is 0 Å². The first-order valence-corrected chi connectivity index (χ1v) is 8.06. The first-order valence-electron chi connectivity index (χ1n) is 6.24. The molecule has 0 aliphatic rings. The highest BCUT2D eigenvalue weighted by atomic mass is 28.2. The first kappa shape index (κ1) is 16.3. The average Bonchev–Trinajstić information content (AvgIpc) is 2.27. The van der Waals surface area contributed by atoms with Crippen LogP contribution in [0.4, 0.5) is 8.78 Å². The van der Waals surface area contributed by atoms with Gasteiger partial charge in [-0.1, -0.05) is 37.8 Å². The van der Waals surface area contributed by atoms with Gasteiger partial charge in [-0.15, -0.1) is 0 Å². The molecule has 0 atom stereocenters. The van der Waals surface area contributed by atoms with Gasteiger partial charge < -0.3 is 4.74 Å². The second kappa shape index (κ2) is 11.8. The smallest absolute Gasteiger partial charge is 0.330 e. The Kier molecular flexibility index (Phi) is 11.3. The van der Waals surface area contributed by atoms with Crippen LogP contribution in [0.25, 0.3) is 0 Å². The number of carbonyl (C=O) groups excluding carboxylic acids is 1. The zero-order valence-corrected chi connectivity index (χ0v) is 11.9. The summed E-state index contributed by atoms with van der Waals surface area (Å²) in [7, 11) is -1.12. The summed E-state index contributed by atoms with van der Waals surface area (Å²) < 4.78 is 28.6. The summed E-state index contributed by atoms with van der Waals surface area (Å²) >= 11 is 0. The highest BCUT2D eigenvalue weighted by Gasteiger charge is 2.02. The number of halogens is 2. The van der Waals surface area contributed by atoms with Gasteiger partial charge in [-0.25, -0.2) is 13.6 Å². The summed E-state index contributed by atoms with van der Waals surface area (Å²) in [5.74, 6) is -0.296. The summed E-state index contributed by atoms with van der Waals surface area (Å²) in [5, 5.41) is 0. The standard InChI is InChI=1S/C12H22F2O2Si/c1-2-8-11(15)16-9-6-4-3-5-7-10-17-12(13)14/h2,8,12H,3-7,9-10,17H2,1H3. The van der Waals surface area contributed by atoms with Crippen LogP contribution in [0.3, 0.4) is 0 Å². The van der Waals surface area contributed by atoms with Crippen molar-refractivity contribution in [3.63, 3.8) is 0 Å². The van der Waals surface area contributed by atoms with E-state index in [1.54, 1.807) is 13.0 Å². The average molecular weight is 264 g/mol. The van der Waals surface area contributed by atoms with Crippen LogP contribution in [0.2, 0.25) is 6.04 Å². The number of allylic oxidation sites excluding steroid dienone is 1. The van der Waals surface area contributed by atoms with Gasteiger partial charge in [0.2, 0.25) is 6.05 Å². The van der Waals surface area contributed by atoms with E-state index < -0.39 is 15.6 Å². The molecule has 0 aromatic rings. The predicted molar refractivity (Wildman–Crippen MR) is 68.2 cm³/mol. The van der Waals surface area contributed by atoms with E-state index in [9.17, 15) is 13.6 Å². The minimum atomic E-state index is -2.03. The number of hydrogen-bond acceptors (Lipinski definition) is 2. The third-order valence-corrected chi connectivity index (χ3v) is 3.71. The molecule has 0 saturated heterocycles. The summed E-state index contributed by atoms with van der Waals surface area (Å²) in [6.45, 7) is 2.22. The Bertz CT molecular complexity index is 221. The van der Waals surface area contributed by atoms with E-state index in [-0.39, 0.29) is 5.97 Å². The molecule has 0 aromatic carbocycles. The van der Waals surface area contributed by atoms with Crippen molar-refractivity contribution in [1.82, 2.24) is 0 Å². The van der Waals surface area contributed by atoms with E-state index in [1.807, 2.05) is 0 Å². The largest absolute Gasteiger partial charge is 0.463 e. The van der Waals surface area contributed by atoms with Crippen molar-refractivity contribution in [2.75, 3.05) is 6.61 Å². The summed E-state index contributed by atoms with van der Waals surface area (Å²) in [6, 6.07) is -1.28. The molecule has 0 amide bonds. The van der Waals surface area contributed by atoms with Crippen molar-refractivity contribution in [3.05, 3.63) is 12.2 Å². The molecule has 0 radical (unpaired) electrons. The Labute approximate surface area is 104 Å². The van der Waals surface area contributed by atoms with Crippen molar-refractivity contribution < 1.29 is 18.3 Å². The van der Waals surface area contributed by atoms with Crippen molar-refractivity contribution >= 4 is 15.5 Å². The van der Waals surface area contributed by atoms with E-state index >= 15 is 0 Å². The predicted octanol–water partition coefficient (Wildman–Crippen LogP) is 2.87. The highest BCUT2D eigenvalue weighted by Crippen LogP contribution is 2.07. The van der Waals surface area contributed by atoms with Crippen LogP contribution in [-0.4, -0.2) is 28.1 Å². The summed E-state index contributed by atoms with van der Waals surface area (Å²) in [4.78, 5) is 10.9. The molecule has 0 aliphatic carbocycles.